The minimum Gasteiger partial charge on any atom is -0.365 e. The van der Waals surface area contributed by atoms with Gasteiger partial charge in [0.1, 0.15) is 5.82 Å². The van der Waals surface area contributed by atoms with Crippen molar-refractivity contribution in [1.29, 1.82) is 0 Å². The summed E-state index contributed by atoms with van der Waals surface area (Å²) in [7, 11) is 0. The number of hydrogen-bond acceptors (Lipinski definition) is 3. The molecule has 2 rings (SSSR count). The predicted octanol–water partition coefficient (Wildman–Crippen LogP) is 2.32. The number of halogens is 1. The molecule has 1 heterocycles. The lowest BCUT2D eigenvalue weighted by Gasteiger charge is -2.04. The second kappa shape index (κ2) is 6.45. The van der Waals surface area contributed by atoms with Crippen LogP contribution in [0.4, 0.5) is 4.39 Å². The zero-order valence-electron chi connectivity index (χ0n) is 10.4. The molecule has 0 radical (unpaired) electrons. The molecule has 19 heavy (non-hydrogen) atoms. The Labute approximate surface area is 115 Å². The van der Waals surface area contributed by atoms with E-state index in [-0.39, 0.29) is 5.82 Å². The maximum absolute atomic E-state index is 13.4. The van der Waals surface area contributed by atoms with Gasteiger partial charge in [-0.2, -0.15) is 0 Å². The highest BCUT2D eigenvalue weighted by molar-refractivity contribution is 7.14. The molecular weight excluding hydrogens is 263 g/mol. The quantitative estimate of drug-likeness (QED) is 0.797. The molecule has 3 N–H and O–H groups in total. The Morgan fingerprint density at radius 1 is 1.26 bits per heavy atom. The van der Waals surface area contributed by atoms with E-state index in [2.05, 4.69) is 5.32 Å². The van der Waals surface area contributed by atoms with E-state index in [0.29, 0.717) is 30.0 Å². The number of nitrogens with two attached hydrogens (primary N) is 1. The Hall–Kier alpha value is -1.72. The number of carbonyl (C=O) groups is 1. The number of benzene rings is 1. The van der Waals surface area contributed by atoms with Gasteiger partial charge in [0.05, 0.1) is 4.88 Å². The second-order valence-corrected chi connectivity index (χ2v) is 5.32. The molecule has 0 saturated heterocycles. The van der Waals surface area contributed by atoms with Crippen LogP contribution in [0.15, 0.2) is 36.4 Å². The Morgan fingerprint density at radius 3 is 2.74 bits per heavy atom. The number of thiophene rings is 1. The smallest absolute Gasteiger partial charge is 0.258 e. The van der Waals surface area contributed by atoms with Crippen LogP contribution in [0.25, 0.3) is 0 Å². The van der Waals surface area contributed by atoms with E-state index in [0.717, 1.165) is 4.88 Å². The van der Waals surface area contributed by atoms with E-state index in [4.69, 9.17) is 5.73 Å². The van der Waals surface area contributed by atoms with Gasteiger partial charge >= 0.3 is 0 Å². The summed E-state index contributed by atoms with van der Waals surface area (Å²) in [4.78, 5) is 12.5. The van der Waals surface area contributed by atoms with Crippen molar-refractivity contribution in [3.05, 3.63) is 57.5 Å². The number of hydrogen-bond donors (Lipinski definition) is 2. The first-order valence-corrected chi connectivity index (χ1v) is 6.81. The third-order valence-corrected chi connectivity index (χ3v) is 3.83. The Morgan fingerprint density at radius 2 is 2.05 bits per heavy atom. The van der Waals surface area contributed by atoms with Crippen molar-refractivity contribution in [2.24, 2.45) is 5.73 Å². The van der Waals surface area contributed by atoms with Gasteiger partial charge < -0.3 is 11.1 Å². The van der Waals surface area contributed by atoms with E-state index >= 15 is 0 Å². The van der Waals surface area contributed by atoms with Crippen molar-refractivity contribution in [2.75, 3.05) is 6.54 Å². The first kappa shape index (κ1) is 13.7. The highest BCUT2D eigenvalue weighted by atomic mass is 32.1. The number of primary amides is 1. The lowest BCUT2D eigenvalue weighted by atomic mass is 10.1. The zero-order valence-corrected chi connectivity index (χ0v) is 11.2. The summed E-state index contributed by atoms with van der Waals surface area (Å²) in [6.45, 7) is 1.34. The van der Waals surface area contributed by atoms with Crippen LogP contribution in [-0.2, 0) is 13.0 Å². The van der Waals surface area contributed by atoms with Crippen LogP contribution in [0, 0.1) is 5.82 Å². The average Bonchev–Trinajstić information content (AvgIpc) is 2.85. The Balaban J connectivity index is 1.77. The van der Waals surface area contributed by atoms with E-state index < -0.39 is 5.91 Å². The van der Waals surface area contributed by atoms with Crippen LogP contribution >= 0.6 is 11.3 Å². The highest BCUT2D eigenvalue weighted by Crippen LogP contribution is 2.15. The zero-order chi connectivity index (χ0) is 13.7. The SMILES string of the molecule is NC(=O)c1ccc(CNCCc2ccccc2F)s1. The molecule has 0 saturated carbocycles. The summed E-state index contributed by atoms with van der Waals surface area (Å²) < 4.78 is 13.4. The monoisotopic (exact) mass is 278 g/mol. The van der Waals surface area contributed by atoms with Gasteiger partial charge in [-0.1, -0.05) is 18.2 Å². The fraction of sp³-hybridized carbons (Fsp3) is 0.214. The van der Waals surface area contributed by atoms with E-state index in [1.54, 1.807) is 18.2 Å². The maximum Gasteiger partial charge on any atom is 0.258 e. The topological polar surface area (TPSA) is 55.1 Å². The molecule has 0 unspecified atom stereocenters. The van der Waals surface area contributed by atoms with Gasteiger partial charge in [0.2, 0.25) is 0 Å². The normalized spacial score (nSPS) is 10.6. The summed E-state index contributed by atoms with van der Waals surface area (Å²) in [6.07, 6.45) is 0.640. The van der Waals surface area contributed by atoms with Crippen LogP contribution in [-0.4, -0.2) is 12.5 Å². The summed E-state index contributed by atoms with van der Waals surface area (Å²) >= 11 is 1.38. The summed E-state index contributed by atoms with van der Waals surface area (Å²) in [5, 5.41) is 3.22. The van der Waals surface area contributed by atoms with Crippen LogP contribution in [0.3, 0.4) is 0 Å². The molecule has 2 aromatic rings. The molecule has 0 aliphatic carbocycles. The fourth-order valence-corrected chi connectivity index (χ4v) is 2.57. The number of rotatable bonds is 6. The fourth-order valence-electron chi connectivity index (χ4n) is 1.74. The van der Waals surface area contributed by atoms with Gasteiger partial charge in [-0.25, -0.2) is 4.39 Å². The summed E-state index contributed by atoms with van der Waals surface area (Å²) in [6, 6.07) is 10.4. The first-order chi connectivity index (χ1) is 9.16. The standard InChI is InChI=1S/C14H15FN2OS/c15-12-4-2-1-3-10(12)7-8-17-9-11-5-6-13(19-11)14(16)18/h1-6,17H,7-9H2,(H2,16,18). The lowest BCUT2D eigenvalue weighted by Crippen LogP contribution is -2.16. The van der Waals surface area contributed by atoms with Crippen LogP contribution in [0.1, 0.15) is 20.1 Å². The third kappa shape index (κ3) is 3.87. The minimum absolute atomic E-state index is 0.170. The molecule has 1 aromatic carbocycles. The highest BCUT2D eigenvalue weighted by Gasteiger charge is 2.05. The molecule has 0 spiro atoms. The van der Waals surface area contributed by atoms with Crippen molar-refractivity contribution >= 4 is 17.2 Å². The molecule has 0 aliphatic heterocycles. The molecule has 1 aromatic heterocycles. The number of nitrogens with one attached hydrogen (secondary N) is 1. The molecule has 0 aliphatic rings. The molecule has 0 fully saturated rings. The number of amides is 1. The minimum atomic E-state index is -0.400. The predicted molar refractivity (Wildman–Crippen MR) is 74.6 cm³/mol. The Bertz CT molecular complexity index is 568. The molecule has 3 nitrogen and oxygen atoms in total. The van der Waals surface area contributed by atoms with Gasteiger partial charge in [-0.15, -0.1) is 11.3 Å². The largest absolute Gasteiger partial charge is 0.365 e. The van der Waals surface area contributed by atoms with Gasteiger partial charge in [0.25, 0.3) is 5.91 Å². The first-order valence-electron chi connectivity index (χ1n) is 5.99. The van der Waals surface area contributed by atoms with Crippen molar-refractivity contribution < 1.29 is 9.18 Å². The van der Waals surface area contributed by atoms with Crippen molar-refractivity contribution in [3.63, 3.8) is 0 Å². The maximum atomic E-state index is 13.4. The van der Waals surface area contributed by atoms with Crippen LogP contribution in [0.5, 0.6) is 0 Å². The van der Waals surface area contributed by atoms with Gasteiger partial charge in [0.15, 0.2) is 0 Å². The van der Waals surface area contributed by atoms with Crippen molar-refractivity contribution in [2.45, 2.75) is 13.0 Å². The van der Waals surface area contributed by atoms with Gasteiger partial charge in [0, 0.05) is 11.4 Å². The molecule has 100 valence electrons. The van der Waals surface area contributed by atoms with Crippen molar-refractivity contribution in [3.8, 4) is 0 Å². The summed E-state index contributed by atoms with van der Waals surface area (Å²) in [5.74, 6) is -0.570. The van der Waals surface area contributed by atoms with Crippen LogP contribution < -0.4 is 11.1 Å². The third-order valence-electron chi connectivity index (χ3n) is 2.73. The van der Waals surface area contributed by atoms with E-state index in [9.17, 15) is 9.18 Å². The second-order valence-electron chi connectivity index (χ2n) is 4.15. The van der Waals surface area contributed by atoms with Crippen molar-refractivity contribution in [1.82, 2.24) is 5.32 Å². The molecule has 5 heteroatoms. The van der Waals surface area contributed by atoms with E-state index in [1.807, 2.05) is 12.1 Å². The Kier molecular flexibility index (Phi) is 4.65. The molecule has 0 bridgehead atoms. The molecule has 1 amide bonds. The van der Waals surface area contributed by atoms with E-state index in [1.165, 1.54) is 17.4 Å². The average molecular weight is 278 g/mol. The van der Waals surface area contributed by atoms with Gasteiger partial charge in [-0.05, 0) is 36.7 Å². The van der Waals surface area contributed by atoms with Crippen LogP contribution in [0.2, 0.25) is 0 Å². The molecular formula is C14H15FN2OS. The number of carbonyl (C=O) groups excluding carboxylic acids is 1. The molecule has 0 atom stereocenters. The van der Waals surface area contributed by atoms with Gasteiger partial charge in [-0.3, -0.25) is 4.79 Å². The summed E-state index contributed by atoms with van der Waals surface area (Å²) in [5.41, 5.74) is 5.89. The lowest BCUT2D eigenvalue weighted by molar-refractivity contribution is 0.100.